The molecule has 4 rings (SSSR count). The quantitative estimate of drug-likeness (QED) is 0.223. The van der Waals surface area contributed by atoms with Crippen molar-refractivity contribution in [3.63, 3.8) is 0 Å². The molecule has 37 heavy (non-hydrogen) atoms. The Labute approximate surface area is 226 Å². The number of nitrogens with one attached hydrogen (secondary N) is 2. The van der Waals surface area contributed by atoms with Gasteiger partial charge in [0.25, 0.3) is 0 Å². The Balaban J connectivity index is 1.57. The maximum atomic E-state index is 12.8. The molecule has 0 saturated carbocycles. The summed E-state index contributed by atoms with van der Waals surface area (Å²) in [7, 11) is 0. The Morgan fingerprint density at radius 1 is 1.05 bits per heavy atom. The number of aromatic nitrogens is 3. The normalized spacial score (nSPS) is 11.7. The first-order chi connectivity index (χ1) is 17.9. The van der Waals surface area contributed by atoms with Gasteiger partial charge in [0, 0.05) is 16.5 Å². The van der Waals surface area contributed by atoms with Gasteiger partial charge >= 0.3 is 6.03 Å². The van der Waals surface area contributed by atoms with Crippen molar-refractivity contribution in [2.24, 2.45) is 0 Å². The van der Waals surface area contributed by atoms with Gasteiger partial charge in [0.2, 0.25) is 0 Å². The number of carbonyl (C=O) groups excluding carboxylic acids is 1. The number of urea groups is 1. The van der Waals surface area contributed by atoms with E-state index in [0.29, 0.717) is 23.1 Å². The number of anilines is 1. The number of thioether (sulfide) groups is 1. The summed E-state index contributed by atoms with van der Waals surface area (Å²) in [5, 5.41) is 16.2. The SMILES string of the molecule is CCOc1ccc(NC(=O)NC(C)c2nnc(SCc3ccccc3C)n2-c2cc(Cl)ccc2C)cc1. The van der Waals surface area contributed by atoms with Gasteiger partial charge in [-0.25, -0.2) is 4.79 Å². The van der Waals surface area contributed by atoms with Crippen molar-refractivity contribution < 1.29 is 9.53 Å². The van der Waals surface area contributed by atoms with Crippen LogP contribution in [0.15, 0.2) is 71.9 Å². The van der Waals surface area contributed by atoms with Gasteiger partial charge in [-0.15, -0.1) is 10.2 Å². The maximum absolute atomic E-state index is 12.8. The summed E-state index contributed by atoms with van der Waals surface area (Å²) in [6.07, 6.45) is 0. The van der Waals surface area contributed by atoms with Crippen LogP contribution in [0.25, 0.3) is 5.69 Å². The van der Waals surface area contributed by atoms with E-state index in [0.717, 1.165) is 27.9 Å². The summed E-state index contributed by atoms with van der Waals surface area (Å²) < 4.78 is 7.44. The number of ether oxygens (including phenoxy) is 1. The molecule has 4 aromatic rings. The van der Waals surface area contributed by atoms with Gasteiger partial charge in [0.15, 0.2) is 11.0 Å². The predicted molar refractivity (Wildman–Crippen MR) is 150 cm³/mol. The molecule has 192 valence electrons. The number of aryl methyl sites for hydroxylation is 2. The van der Waals surface area contributed by atoms with Crippen LogP contribution in [-0.2, 0) is 5.75 Å². The van der Waals surface area contributed by atoms with E-state index in [1.165, 1.54) is 11.1 Å². The summed E-state index contributed by atoms with van der Waals surface area (Å²) in [5.74, 6) is 2.10. The Bertz CT molecular complexity index is 1370. The minimum atomic E-state index is -0.429. The average Bonchev–Trinajstić information content (AvgIpc) is 3.30. The molecule has 2 N–H and O–H groups in total. The topological polar surface area (TPSA) is 81.1 Å². The summed E-state index contributed by atoms with van der Waals surface area (Å²) >= 11 is 7.96. The molecule has 0 aliphatic rings. The van der Waals surface area contributed by atoms with Gasteiger partial charge in [-0.3, -0.25) is 4.57 Å². The third-order valence-electron chi connectivity index (χ3n) is 5.85. The van der Waals surface area contributed by atoms with Crippen LogP contribution >= 0.6 is 23.4 Å². The number of amides is 2. The smallest absolute Gasteiger partial charge is 0.319 e. The molecule has 0 spiro atoms. The van der Waals surface area contributed by atoms with Crippen LogP contribution in [0.5, 0.6) is 5.75 Å². The van der Waals surface area contributed by atoms with Crippen molar-refractivity contribution in [3.8, 4) is 11.4 Å². The van der Waals surface area contributed by atoms with E-state index in [4.69, 9.17) is 16.3 Å². The zero-order chi connectivity index (χ0) is 26.4. The first kappa shape index (κ1) is 26.6. The second-order valence-corrected chi connectivity index (χ2v) is 9.98. The average molecular weight is 536 g/mol. The second-order valence-electron chi connectivity index (χ2n) is 8.60. The molecule has 1 aromatic heterocycles. The molecular weight excluding hydrogens is 506 g/mol. The van der Waals surface area contributed by atoms with Crippen molar-refractivity contribution in [3.05, 3.63) is 94.3 Å². The van der Waals surface area contributed by atoms with Crippen molar-refractivity contribution >= 4 is 35.1 Å². The largest absolute Gasteiger partial charge is 0.494 e. The molecule has 0 aliphatic carbocycles. The Morgan fingerprint density at radius 2 is 1.81 bits per heavy atom. The van der Waals surface area contributed by atoms with Crippen LogP contribution in [0.2, 0.25) is 5.02 Å². The highest BCUT2D eigenvalue weighted by Crippen LogP contribution is 2.31. The van der Waals surface area contributed by atoms with Crippen molar-refractivity contribution in [2.75, 3.05) is 11.9 Å². The van der Waals surface area contributed by atoms with Gasteiger partial charge in [-0.1, -0.05) is 53.7 Å². The van der Waals surface area contributed by atoms with Crippen molar-refractivity contribution in [1.82, 2.24) is 20.1 Å². The van der Waals surface area contributed by atoms with E-state index < -0.39 is 6.04 Å². The van der Waals surface area contributed by atoms with Crippen molar-refractivity contribution in [1.29, 1.82) is 0 Å². The molecule has 2 amide bonds. The number of nitrogens with zero attached hydrogens (tertiary/aromatic N) is 3. The monoisotopic (exact) mass is 535 g/mol. The molecule has 0 radical (unpaired) electrons. The summed E-state index contributed by atoms with van der Waals surface area (Å²) in [5.41, 5.74) is 5.01. The Kier molecular flexibility index (Phi) is 8.74. The van der Waals surface area contributed by atoms with Gasteiger partial charge in [0.1, 0.15) is 5.75 Å². The lowest BCUT2D eigenvalue weighted by atomic mass is 10.1. The number of halogens is 1. The van der Waals surface area contributed by atoms with Gasteiger partial charge < -0.3 is 15.4 Å². The summed E-state index contributed by atoms with van der Waals surface area (Å²) in [4.78, 5) is 12.8. The zero-order valence-corrected chi connectivity index (χ0v) is 22.9. The molecule has 0 fully saturated rings. The molecule has 1 atom stereocenters. The molecule has 0 aliphatic heterocycles. The molecule has 7 nitrogen and oxygen atoms in total. The molecular formula is C28H30ClN5O2S. The van der Waals surface area contributed by atoms with E-state index in [1.807, 2.05) is 67.8 Å². The first-order valence-corrected chi connectivity index (χ1v) is 13.4. The van der Waals surface area contributed by atoms with Crippen molar-refractivity contribution in [2.45, 2.75) is 44.6 Å². The number of benzene rings is 3. The lowest BCUT2D eigenvalue weighted by Gasteiger charge is -2.18. The van der Waals surface area contributed by atoms with E-state index in [9.17, 15) is 4.79 Å². The fraction of sp³-hybridized carbons (Fsp3) is 0.250. The molecule has 1 unspecified atom stereocenters. The summed E-state index contributed by atoms with van der Waals surface area (Å²) in [6, 6.07) is 20.5. The van der Waals surface area contributed by atoms with Crippen LogP contribution in [0.1, 0.15) is 42.4 Å². The zero-order valence-electron chi connectivity index (χ0n) is 21.3. The van der Waals surface area contributed by atoms with Crippen LogP contribution in [0, 0.1) is 13.8 Å². The third-order valence-corrected chi connectivity index (χ3v) is 7.06. The highest BCUT2D eigenvalue weighted by molar-refractivity contribution is 7.98. The van der Waals surface area contributed by atoms with E-state index in [2.05, 4.69) is 39.9 Å². The summed E-state index contributed by atoms with van der Waals surface area (Å²) in [6.45, 7) is 8.51. The Hall–Kier alpha value is -3.49. The van der Waals surface area contributed by atoms with Gasteiger partial charge in [0.05, 0.1) is 18.3 Å². The number of carbonyl (C=O) groups is 1. The van der Waals surface area contributed by atoms with Gasteiger partial charge in [-0.05, 0) is 80.8 Å². The number of rotatable bonds is 9. The first-order valence-electron chi connectivity index (χ1n) is 12.0. The van der Waals surface area contributed by atoms with E-state index >= 15 is 0 Å². The minimum absolute atomic E-state index is 0.344. The molecule has 1 heterocycles. The standard InChI is InChI=1S/C28H30ClN5O2S/c1-5-36-24-14-12-23(13-15-24)31-27(35)30-20(4)26-32-33-28(37-17-21-9-7-6-8-18(21)2)34(26)25-16-22(29)11-10-19(25)3/h6-16,20H,5,17H2,1-4H3,(H2,30,31,35). The van der Waals surface area contributed by atoms with Crippen LogP contribution in [0.4, 0.5) is 10.5 Å². The lowest BCUT2D eigenvalue weighted by Crippen LogP contribution is -2.32. The molecule has 9 heteroatoms. The molecule has 0 saturated heterocycles. The number of hydrogen-bond acceptors (Lipinski definition) is 5. The minimum Gasteiger partial charge on any atom is -0.494 e. The van der Waals surface area contributed by atoms with Crippen LogP contribution in [-0.4, -0.2) is 27.4 Å². The second kappa shape index (κ2) is 12.2. The van der Waals surface area contributed by atoms with E-state index in [-0.39, 0.29) is 6.03 Å². The fourth-order valence-corrected chi connectivity index (χ4v) is 5.04. The van der Waals surface area contributed by atoms with Crippen LogP contribution in [0.3, 0.4) is 0 Å². The Morgan fingerprint density at radius 3 is 2.54 bits per heavy atom. The molecule has 3 aromatic carbocycles. The number of hydrogen-bond donors (Lipinski definition) is 2. The highest BCUT2D eigenvalue weighted by Gasteiger charge is 2.22. The van der Waals surface area contributed by atoms with E-state index in [1.54, 1.807) is 23.9 Å². The molecule has 0 bridgehead atoms. The highest BCUT2D eigenvalue weighted by atomic mass is 35.5. The van der Waals surface area contributed by atoms with Gasteiger partial charge in [-0.2, -0.15) is 0 Å². The third kappa shape index (κ3) is 6.64. The van der Waals surface area contributed by atoms with Crippen LogP contribution < -0.4 is 15.4 Å². The predicted octanol–water partition coefficient (Wildman–Crippen LogP) is 7.11. The maximum Gasteiger partial charge on any atom is 0.319 e. The fourth-order valence-electron chi connectivity index (χ4n) is 3.85. The lowest BCUT2D eigenvalue weighted by molar-refractivity contribution is 0.248.